The number of carbonyl (C=O) groups is 1. The molecule has 8 heteroatoms. The molecule has 0 spiro atoms. The number of fused-ring (bicyclic) bond motifs is 1. The fourth-order valence-electron chi connectivity index (χ4n) is 3.46. The fraction of sp³-hybridized carbons (Fsp3) is 0.136. The SMILES string of the molecule is O=C(Nc1cc(F)ccc1F)c1cccc(S(=O)(=O)N2CCCc3ccccc32)c1. The van der Waals surface area contributed by atoms with Crippen LogP contribution < -0.4 is 9.62 Å². The molecule has 1 N–H and O–H groups in total. The number of para-hydroxylation sites is 1. The van der Waals surface area contributed by atoms with Gasteiger partial charge in [0.15, 0.2) is 0 Å². The number of carbonyl (C=O) groups excluding carboxylic acids is 1. The third kappa shape index (κ3) is 3.78. The molecular formula is C22H18F2N2O3S. The van der Waals surface area contributed by atoms with E-state index in [2.05, 4.69) is 5.32 Å². The Morgan fingerprint density at radius 2 is 1.77 bits per heavy atom. The molecule has 0 saturated carbocycles. The van der Waals surface area contributed by atoms with Crippen LogP contribution in [-0.4, -0.2) is 20.9 Å². The minimum Gasteiger partial charge on any atom is -0.319 e. The smallest absolute Gasteiger partial charge is 0.264 e. The number of rotatable bonds is 4. The summed E-state index contributed by atoms with van der Waals surface area (Å²) in [6.07, 6.45) is 1.49. The van der Waals surface area contributed by atoms with Gasteiger partial charge in [-0.05, 0) is 54.8 Å². The summed E-state index contributed by atoms with van der Waals surface area (Å²) >= 11 is 0. The summed E-state index contributed by atoms with van der Waals surface area (Å²) in [5.74, 6) is -2.24. The Hall–Kier alpha value is -3.26. The first-order chi connectivity index (χ1) is 14.4. The molecule has 1 aliphatic heterocycles. The lowest BCUT2D eigenvalue weighted by atomic mass is 10.0. The maximum Gasteiger partial charge on any atom is 0.264 e. The number of sulfonamides is 1. The van der Waals surface area contributed by atoms with Crippen molar-refractivity contribution in [2.45, 2.75) is 17.7 Å². The second-order valence-corrected chi connectivity index (χ2v) is 8.78. The quantitative estimate of drug-likeness (QED) is 0.672. The zero-order chi connectivity index (χ0) is 21.3. The number of nitrogens with zero attached hydrogens (tertiary/aromatic N) is 1. The van der Waals surface area contributed by atoms with Gasteiger partial charge in [-0.1, -0.05) is 24.3 Å². The van der Waals surface area contributed by atoms with Crippen LogP contribution in [0.1, 0.15) is 22.3 Å². The highest BCUT2D eigenvalue weighted by molar-refractivity contribution is 7.92. The zero-order valence-electron chi connectivity index (χ0n) is 15.8. The molecule has 0 radical (unpaired) electrons. The minimum atomic E-state index is -3.90. The van der Waals surface area contributed by atoms with Crippen LogP contribution in [0.25, 0.3) is 0 Å². The number of benzene rings is 3. The zero-order valence-corrected chi connectivity index (χ0v) is 16.6. The summed E-state index contributed by atoms with van der Waals surface area (Å²) in [4.78, 5) is 12.5. The summed E-state index contributed by atoms with van der Waals surface area (Å²) in [6.45, 7) is 0.338. The Kier molecular flexibility index (Phi) is 5.26. The van der Waals surface area contributed by atoms with Crippen LogP contribution in [0.4, 0.5) is 20.2 Å². The molecule has 1 amide bonds. The molecule has 0 fully saturated rings. The standard InChI is InChI=1S/C22H18F2N2O3S/c23-17-10-11-19(24)20(14-17)25-22(27)16-6-3-8-18(13-16)30(28,29)26-12-4-7-15-5-1-2-9-21(15)26/h1-3,5-6,8-11,13-14H,4,7,12H2,(H,25,27). The Bertz CT molecular complexity index is 1230. The van der Waals surface area contributed by atoms with Crippen molar-refractivity contribution in [2.75, 3.05) is 16.2 Å². The predicted octanol–water partition coefficient (Wildman–Crippen LogP) is 4.36. The number of anilines is 2. The summed E-state index contributed by atoms with van der Waals surface area (Å²) in [5.41, 5.74) is 1.27. The van der Waals surface area contributed by atoms with Gasteiger partial charge in [0.25, 0.3) is 15.9 Å². The van der Waals surface area contributed by atoms with E-state index in [1.54, 1.807) is 12.1 Å². The van der Waals surface area contributed by atoms with Crippen molar-refractivity contribution in [1.29, 1.82) is 0 Å². The van der Waals surface area contributed by atoms with Gasteiger partial charge < -0.3 is 5.32 Å². The monoisotopic (exact) mass is 428 g/mol. The number of aryl methyl sites for hydroxylation is 1. The number of hydrogen-bond acceptors (Lipinski definition) is 3. The molecule has 0 bridgehead atoms. The van der Waals surface area contributed by atoms with Gasteiger partial charge in [0, 0.05) is 18.2 Å². The molecule has 4 rings (SSSR count). The maximum absolute atomic E-state index is 13.8. The average Bonchev–Trinajstić information content (AvgIpc) is 2.76. The maximum atomic E-state index is 13.8. The molecule has 0 unspecified atom stereocenters. The van der Waals surface area contributed by atoms with Crippen LogP contribution in [0.3, 0.4) is 0 Å². The van der Waals surface area contributed by atoms with Gasteiger partial charge in [0.1, 0.15) is 11.6 Å². The molecule has 3 aromatic rings. The lowest BCUT2D eigenvalue weighted by Crippen LogP contribution is -2.35. The van der Waals surface area contributed by atoms with E-state index in [4.69, 9.17) is 0 Å². The molecule has 5 nitrogen and oxygen atoms in total. The summed E-state index contributed by atoms with van der Waals surface area (Å²) in [5, 5.41) is 2.28. The molecule has 0 aromatic heterocycles. The van der Waals surface area contributed by atoms with Crippen molar-refractivity contribution in [3.63, 3.8) is 0 Å². The Balaban J connectivity index is 1.65. The normalized spacial score (nSPS) is 13.6. The number of nitrogens with one attached hydrogen (secondary N) is 1. The Morgan fingerprint density at radius 3 is 2.60 bits per heavy atom. The lowest BCUT2D eigenvalue weighted by Gasteiger charge is -2.30. The van der Waals surface area contributed by atoms with Crippen LogP contribution in [0.5, 0.6) is 0 Å². The van der Waals surface area contributed by atoms with Crippen molar-refractivity contribution >= 4 is 27.3 Å². The van der Waals surface area contributed by atoms with Gasteiger partial charge >= 0.3 is 0 Å². The number of amides is 1. The van der Waals surface area contributed by atoms with E-state index in [1.165, 1.54) is 28.6 Å². The highest BCUT2D eigenvalue weighted by Crippen LogP contribution is 2.32. The predicted molar refractivity (Wildman–Crippen MR) is 110 cm³/mol. The van der Waals surface area contributed by atoms with E-state index in [-0.39, 0.29) is 16.1 Å². The molecule has 3 aromatic carbocycles. The van der Waals surface area contributed by atoms with Crippen molar-refractivity contribution in [1.82, 2.24) is 0 Å². The molecule has 0 atom stereocenters. The highest BCUT2D eigenvalue weighted by Gasteiger charge is 2.29. The Morgan fingerprint density at radius 1 is 0.967 bits per heavy atom. The van der Waals surface area contributed by atoms with Crippen molar-refractivity contribution in [3.05, 3.63) is 89.5 Å². The van der Waals surface area contributed by atoms with Crippen molar-refractivity contribution < 1.29 is 22.0 Å². The summed E-state index contributed by atoms with van der Waals surface area (Å²) < 4.78 is 55.0. The van der Waals surface area contributed by atoms with Crippen LogP contribution in [0, 0.1) is 11.6 Å². The van der Waals surface area contributed by atoms with Gasteiger partial charge in [-0.15, -0.1) is 0 Å². The highest BCUT2D eigenvalue weighted by atomic mass is 32.2. The topological polar surface area (TPSA) is 66.5 Å². The van der Waals surface area contributed by atoms with Gasteiger partial charge in [0.2, 0.25) is 0 Å². The summed E-state index contributed by atoms with van der Waals surface area (Å²) in [6, 6.07) is 15.5. The third-order valence-electron chi connectivity index (χ3n) is 4.93. The van der Waals surface area contributed by atoms with Gasteiger partial charge in [-0.2, -0.15) is 0 Å². The van der Waals surface area contributed by atoms with Gasteiger partial charge in [0.05, 0.1) is 16.3 Å². The van der Waals surface area contributed by atoms with E-state index >= 15 is 0 Å². The molecule has 0 aliphatic carbocycles. The Labute approximate surface area is 173 Å². The molecule has 1 heterocycles. The summed E-state index contributed by atoms with van der Waals surface area (Å²) in [7, 11) is -3.90. The van der Waals surface area contributed by atoms with Gasteiger partial charge in [-0.25, -0.2) is 17.2 Å². The van der Waals surface area contributed by atoms with Crippen molar-refractivity contribution in [2.24, 2.45) is 0 Å². The van der Waals surface area contributed by atoms with E-state index in [1.807, 2.05) is 12.1 Å². The molecule has 1 aliphatic rings. The largest absolute Gasteiger partial charge is 0.319 e. The number of hydrogen-bond donors (Lipinski definition) is 1. The second-order valence-electron chi connectivity index (χ2n) is 6.92. The number of halogens is 2. The first kappa shape index (κ1) is 20.0. The molecule has 0 saturated heterocycles. The molecule has 30 heavy (non-hydrogen) atoms. The van der Waals surface area contributed by atoms with Gasteiger partial charge in [-0.3, -0.25) is 9.10 Å². The van der Waals surface area contributed by atoms with E-state index in [0.29, 0.717) is 18.7 Å². The van der Waals surface area contributed by atoms with E-state index in [0.717, 1.165) is 30.2 Å². The lowest BCUT2D eigenvalue weighted by molar-refractivity contribution is 0.102. The van der Waals surface area contributed by atoms with E-state index < -0.39 is 27.6 Å². The first-order valence-corrected chi connectivity index (χ1v) is 10.8. The van der Waals surface area contributed by atoms with Crippen LogP contribution in [-0.2, 0) is 16.4 Å². The van der Waals surface area contributed by atoms with Crippen LogP contribution >= 0.6 is 0 Å². The average molecular weight is 428 g/mol. The third-order valence-corrected chi connectivity index (χ3v) is 6.74. The fourth-order valence-corrected chi connectivity index (χ4v) is 5.05. The van der Waals surface area contributed by atoms with E-state index in [9.17, 15) is 22.0 Å². The second kappa shape index (κ2) is 7.87. The van der Waals surface area contributed by atoms with Crippen LogP contribution in [0.2, 0.25) is 0 Å². The van der Waals surface area contributed by atoms with Crippen LogP contribution in [0.15, 0.2) is 71.6 Å². The molecule has 154 valence electrons. The minimum absolute atomic E-state index is 0.0185. The molecular weight excluding hydrogens is 410 g/mol. The first-order valence-electron chi connectivity index (χ1n) is 9.33. The van der Waals surface area contributed by atoms with Crippen molar-refractivity contribution in [3.8, 4) is 0 Å².